The lowest BCUT2D eigenvalue weighted by Crippen LogP contribution is -2.24. The monoisotopic (exact) mass is 277 g/mol. The molecule has 0 saturated carbocycles. The van der Waals surface area contributed by atoms with Crippen molar-refractivity contribution in [3.8, 4) is 0 Å². The van der Waals surface area contributed by atoms with Gasteiger partial charge in [-0.1, -0.05) is 6.07 Å². The highest BCUT2D eigenvalue weighted by Crippen LogP contribution is 2.22. The molecule has 0 spiro atoms. The Bertz CT molecular complexity index is 538. The normalized spacial score (nSPS) is 10.5. The minimum Gasteiger partial charge on any atom is -0.359 e. The molecule has 0 unspecified atom stereocenters. The quantitative estimate of drug-likeness (QED) is 0.647. The van der Waals surface area contributed by atoms with Crippen LogP contribution in [0.5, 0.6) is 0 Å². The molecular formula is C13H19N5S. The van der Waals surface area contributed by atoms with Gasteiger partial charge >= 0.3 is 0 Å². The smallest absolute Gasteiger partial charge is 0.148 e. The van der Waals surface area contributed by atoms with E-state index in [1.165, 1.54) is 4.88 Å². The highest BCUT2D eigenvalue weighted by molar-refractivity contribution is 7.09. The topological polar surface area (TPSA) is 67.1 Å². The Morgan fingerprint density at radius 2 is 2.16 bits per heavy atom. The minimum atomic E-state index is 0.686. The molecule has 0 radical (unpaired) electrons. The highest BCUT2D eigenvalue weighted by Gasteiger charge is 2.12. The van der Waals surface area contributed by atoms with Crippen LogP contribution in [0, 0.1) is 13.8 Å². The van der Waals surface area contributed by atoms with E-state index in [1.807, 2.05) is 20.9 Å². The van der Waals surface area contributed by atoms with Crippen molar-refractivity contribution in [3.05, 3.63) is 33.8 Å². The summed E-state index contributed by atoms with van der Waals surface area (Å²) in [5, 5.41) is 2.10. The number of aryl methyl sites for hydroxylation is 1. The van der Waals surface area contributed by atoms with Crippen LogP contribution >= 0.6 is 11.3 Å². The average Bonchev–Trinajstić information content (AvgIpc) is 2.91. The summed E-state index contributed by atoms with van der Waals surface area (Å²) in [6.45, 7) is 4.77. The summed E-state index contributed by atoms with van der Waals surface area (Å²) in [6, 6.07) is 4.24. The van der Waals surface area contributed by atoms with Crippen LogP contribution in [0.3, 0.4) is 0 Å². The van der Waals surface area contributed by atoms with Gasteiger partial charge in [-0.15, -0.1) is 11.3 Å². The second-order valence-corrected chi connectivity index (χ2v) is 5.50. The van der Waals surface area contributed by atoms with Gasteiger partial charge in [0.15, 0.2) is 0 Å². The number of aromatic nitrogens is 2. The molecule has 0 fully saturated rings. The Morgan fingerprint density at radius 1 is 1.37 bits per heavy atom. The molecule has 0 aliphatic carbocycles. The van der Waals surface area contributed by atoms with E-state index in [2.05, 4.69) is 37.8 Å². The van der Waals surface area contributed by atoms with Gasteiger partial charge in [0, 0.05) is 24.0 Å². The van der Waals surface area contributed by atoms with Gasteiger partial charge in [-0.25, -0.2) is 15.8 Å². The van der Waals surface area contributed by atoms with Gasteiger partial charge < -0.3 is 10.3 Å². The summed E-state index contributed by atoms with van der Waals surface area (Å²) in [7, 11) is 2.04. The van der Waals surface area contributed by atoms with Crippen molar-refractivity contribution in [1.29, 1.82) is 0 Å². The molecule has 6 heteroatoms. The number of rotatable bonds is 5. The number of thiophene rings is 1. The molecule has 19 heavy (non-hydrogen) atoms. The number of likely N-dealkylation sites (N-methyl/N-ethyl adjacent to an activating group) is 1. The average molecular weight is 277 g/mol. The lowest BCUT2D eigenvalue weighted by atomic mass is 10.2. The first-order chi connectivity index (χ1) is 9.11. The number of nitrogens with one attached hydrogen (secondary N) is 1. The summed E-state index contributed by atoms with van der Waals surface area (Å²) in [5.74, 6) is 7.81. The summed E-state index contributed by atoms with van der Waals surface area (Å²) in [4.78, 5) is 12.3. The van der Waals surface area contributed by atoms with E-state index in [0.29, 0.717) is 5.82 Å². The molecule has 5 nitrogen and oxygen atoms in total. The van der Waals surface area contributed by atoms with Crippen molar-refractivity contribution in [2.24, 2.45) is 5.84 Å². The summed E-state index contributed by atoms with van der Waals surface area (Å²) < 4.78 is 0. The number of nitrogens with two attached hydrogens (primary N) is 1. The maximum absolute atomic E-state index is 5.48. The lowest BCUT2D eigenvalue weighted by Gasteiger charge is -2.21. The Hall–Kier alpha value is -1.66. The van der Waals surface area contributed by atoms with E-state index in [0.717, 1.165) is 30.2 Å². The van der Waals surface area contributed by atoms with Crippen molar-refractivity contribution in [1.82, 2.24) is 9.97 Å². The van der Waals surface area contributed by atoms with Crippen molar-refractivity contribution in [2.75, 3.05) is 23.9 Å². The van der Waals surface area contributed by atoms with E-state index in [1.54, 1.807) is 11.3 Å². The minimum absolute atomic E-state index is 0.686. The number of nitrogen functional groups attached to an aromatic ring is 1. The van der Waals surface area contributed by atoms with Crippen LogP contribution < -0.4 is 16.2 Å². The van der Waals surface area contributed by atoms with Crippen molar-refractivity contribution < 1.29 is 0 Å². The van der Waals surface area contributed by atoms with Gasteiger partial charge in [0.1, 0.15) is 17.5 Å². The number of anilines is 2. The van der Waals surface area contributed by atoms with Gasteiger partial charge in [-0.2, -0.15) is 0 Å². The molecule has 2 aromatic rings. The van der Waals surface area contributed by atoms with Crippen LogP contribution in [-0.2, 0) is 6.42 Å². The molecule has 0 amide bonds. The Morgan fingerprint density at radius 3 is 2.79 bits per heavy atom. The highest BCUT2D eigenvalue weighted by atomic mass is 32.1. The van der Waals surface area contributed by atoms with Crippen LogP contribution in [0.15, 0.2) is 17.5 Å². The van der Waals surface area contributed by atoms with Gasteiger partial charge in [-0.3, -0.25) is 0 Å². The van der Waals surface area contributed by atoms with Gasteiger partial charge in [-0.05, 0) is 31.7 Å². The fourth-order valence-corrected chi connectivity index (χ4v) is 2.66. The SMILES string of the molecule is Cc1nc(NN)c(C)c(N(C)CCc2cccs2)n1. The number of hydrazine groups is 1. The van der Waals surface area contributed by atoms with Crippen LogP contribution in [-0.4, -0.2) is 23.6 Å². The second kappa shape index (κ2) is 5.99. The Balaban J connectivity index is 2.14. The summed E-state index contributed by atoms with van der Waals surface area (Å²) in [5.41, 5.74) is 3.60. The lowest BCUT2D eigenvalue weighted by molar-refractivity contribution is 0.849. The van der Waals surface area contributed by atoms with Gasteiger partial charge in [0.2, 0.25) is 0 Å². The molecular weight excluding hydrogens is 258 g/mol. The third-order valence-corrected chi connectivity index (χ3v) is 3.94. The zero-order valence-electron chi connectivity index (χ0n) is 11.5. The fourth-order valence-electron chi connectivity index (χ4n) is 1.96. The Kier molecular flexibility index (Phi) is 4.34. The predicted molar refractivity (Wildman–Crippen MR) is 80.6 cm³/mol. The van der Waals surface area contributed by atoms with Crippen LogP contribution in [0.2, 0.25) is 0 Å². The number of hydrogen-bond acceptors (Lipinski definition) is 6. The number of hydrogen-bond donors (Lipinski definition) is 2. The third kappa shape index (κ3) is 3.21. The first kappa shape index (κ1) is 13.8. The second-order valence-electron chi connectivity index (χ2n) is 4.46. The molecule has 2 rings (SSSR count). The van der Waals surface area contributed by atoms with Gasteiger partial charge in [0.05, 0.1) is 0 Å². The van der Waals surface area contributed by atoms with E-state index < -0.39 is 0 Å². The molecule has 0 aromatic carbocycles. The Labute approximate surface area is 117 Å². The molecule has 2 aromatic heterocycles. The van der Waals surface area contributed by atoms with E-state index in [4.69, 9.17) is 5.84 Å². The predicted octanol–water partition coefficient (Wildman–Crippen LogP) is 2.12. The maximum atomic E-state index is 5.48. The van der Waals surface area contributed by atoms with Crippen LogP contribution in [0.1, 0.15) is 16.3 Å². The molecule has 102 valence electrons. The van der Waals surface area contributed by atoms with Crippen LogP contribution in [0.25, 0.3) is 0 Å². The standard InChI is InChI=1S/C13H19N5S/c1-9-12(17-14)15-10(2)16-13(9)18(3)7-6-11-5-4-8-19-11/h4-5,8H,6-7,14H2,1-3H3,(H,15,16,17). The molecule has 2 heterocycles. The maximum Gasteiger partial charge on any atom is 0.148 e. The largest absolute Gasteiger partial charge is 0.359 e. The van der Waals surface area contributed by atoms with Crippen molar-refractivity contribution in [3.63, 3.8) is 0 Å². The van der Waals surface area contributed by atoms with Crippen molar-refractivity contribution >= 4 is 23.0 Å². The van der Waals surface area contributed by atoms with E-state index >= 15 is 0 Å². The molecule has 0 aliphatic heterocycles. The summed E-state index contributed by atoms with van der Waals surface area (Å²) >= 11 is 1.78. The van der Waals surface area contributed by atoms with Crippen molar-refractivity contribution in [2.45, 2.75) is 20.3 Å². The molecule has 0 aliphatic rings. The molecule has 0 bridgehead atoms. The van der Waals surface area contributed by atoms with E-state index in [9.17, 15) is 0 Å². The zero-order valence-corrected chi connectivity index (χ0v) is 12.3. The van der Waals surface area contributed by atoms with Gasteiger partial charge in [0.25, 0.3) is 0 Å². The first-order valence-electron chi connectivity index (χ1n) is 6.17. The first-order valence-corrected chi connectivity index (χ1v) is 7.05. The van der Waals surface area contributed by atoms with Crippen LogP contribution in [0.4, 0.5) is 11.6 Å². The third-order valence-electron chi connectivity index (χ3n) is 3.00. The zero-order chi connectivity index (χ0) is 13.8. The van der Waals surface area contributed by atoms with E-state index in [-0.39, 0.29) is 0 Å². The summed E-state index contributed by atoms with van der Waals surface area (Å²) in [6.07, 6.45) is 1.02. The molecule has 0 saturated heterocycles. The molecule has 0 atom stereocenters. The number of nitrogens with zero attached hydrogens (tertiary/aromatic N) is 3. The fraction of sp³-hybridized carbons (Fsp3) is 0.385. The molecule has 3 N–H and O–H groups in total.